The normalized spacial score (nSPS) is 12.0. The van der Waals surface area contributed by atoms with Crippen LogP contribution >= 0.6 is 0 Å². The predicted octanol–water partition coefficient (Wildman–Crippen LogP) is 3.55. The molecule has 1 atom stereocenters. The highest BCUT2D eigenvalue weighted by molar-refractivity contribution is 5.77. The minimum Gasteiger partial charge on any atom is -0.497 e. The van der Waals surface area contributed by atoms with Gasteiger partial charge in [0.15, 0.2) is 0 Å². The molecule has 1 unspecified atom stereocenters. The number of aryl methyl sites for hydroxylation is 1. The lowest BCUT2D eigenvalue weighted by Gasteiger charge is -2.16. The van der Waals surface area contributed by atoms with Crippen LogP contribution in [0.3, 0.4) is 0 Å². The molecule has 0 heterocycles. The Kier molecular flexibility index (Phi) is 4.58. The van der Waals surface area contributed by atoms with E-state index in [0.29, 0.717) is 12.2 Å². The Hall–Kier alpha value is -2.36. The fourth-order valence-electron chi connectivity index (χ4n) is 2.35. The van der Waals surface area contributed by atoms with Crippen LogP contribution in [0.4, 0.5) is 4.39 Å². The fraction of sp³-hybridized carbons (Fsp3) is 0.235. The molecule has 0 aliphatic heterocycles. The van der Waals surface area contributed by atoms with Crippen LogP contribution in [0.1, 0.15) is 22.6 Å². The standard InChI is InChI=1S/C17H17FO3/c1-11-9-14(21-2)7-8-15(11)16(17(19)20)10-12-3-5-13(18)6-4-12/h3-9,16H,10H2,1-2H3,(H,19,20). The van der Waals surface area contributed by atoms with Crippen molar-refractivity contribution >= 4 is 5.97 Å². The first-order chi connectivity index (χ1) is 10.0. The van der Waals surface area contributed by atoms with Gasteiger partial charge in [-0.15, -0.1) is 0 Å². The largest absolute Gasteiger partial charge is 0.497 e. The monoisotopic (exact) mass is 288 g/mol. The van der Waals surface area contributed by atoms with E-state index in [0.717, 1.165) is 16.7 Å². The minimum absolute atomic E-state index is 0.322. The number of aliphatic carboxylic acids is 1. The third-order valence-electron chi connectivity index (χ3n) is 3.50. The van der Waals surface area contributed by atoms with Gasteiger partial charge in [0.05, 0.1) is 13.0 Å². The second kappa shape index (κ2) is 6.39. The molecule has 0 fully saturated rings. The summed E-state index contributed by atoms with van der Waals surface area (Å²) in [5.41, 5.74) is 2.40. The van der Waals surface area contributed by atoms with Crippen molar-refractivity contribution in [3.05, 3.63) is 65.0 Å². The molecule has 0 amide bonds. The van der Waals surface area contributed by atoms with Crippen molar-refractivity contribution in [3.8, 4) is 5.75 Å². The molecule has 0 radical (unpaired) electrons. The molecule has 2 aromatic rings. The summed E-state index contributed by atoms with van der Waals surface area (Å²) in [5, 5.41) is 9.49. The SMILES string of the molecule is COc1ccc(C(Cc2ccc(F)cc2)C(=O)O)c(C)c1. The lowest BCUT2D eigenvalue weighted by atomic mass is 9.89. The van der Waals surface area contributed by atoms with E-state index < -0.39 is 11.9 Å². The molecule has 1 N–H and O–H groups in total. The van der Waals surface area contributed by atoms with E-state index in [1.807, 2.05) is 13.0 Å². The molecule has 0 saturated heterocycles. The highest BCUT2D eigenvalue weighted by Crippen LogP contribution is 2.27. The van der Waals surface area contributed by atoms with Crippen LogP contribution in [0.25, 0.3) is 0 Å². The third-order valence-corrected chi connectivity index (χ3v) is 3.50. The van der Waals surface area contributed by atoms with Crippen LogP contribution in [-0.2, 0) is 11.2 Å². The molecule has 0 bridgehead atoms. The number of carboxylic acid groups (broad SMARTS) is 1. The van der Waals surface area contributed by atoms with Crippen molar-refractivity contribution in [1.29, 1.82) is 0 Å². The number of carbonyl (C=O) groups is 1. The Labute approximate surface area is 123 Å². The molecule has 4 heteroatoms. The van der Waals surface area contributed by atoms with E-state index in [1.54, 1.807) is 31.4 Å². The van der Waals surface area contributed by atoms with Gasteiger partial charge in [0.2, 0.25) is 0 Å². The summed E-state index contributed by atoms with van der Waals surface area (Å²) in [6.07, 6.45) is 0.322. The van der Waals surface area contributed by atoms with Crippen molar-refractivity contribution in [3.63, 3.8) is 0 Å². The van der Waals surface area contributed by atoms with E-state index in [2.05, 4.69) is 0 Å². The number of halogens is 1. The molecule has 2 rings (SSSR count). The zero-order valence-corrected chi connectivity index (χ0v) is 12.0. The quantitative estimate of drug-likeness (QED) is 0.915. The first-order valence-corrected chi connectivity index (χ1v) is 6.63. The fourth-order valence-corrected chi connectivity index (χ4v) is 2.35. The Morgan fingerprint density at radius 3 is 2.43 bits per heavy atom. The second-order valence-electron chi connectivity index (χ2n) is 4.94. The van der Waals surface area contributed by atoms with E-state index in [1.165, 1.54) is 12.1 Å². The summed E-state index contributed by atoms with van der Waals surface area (Å²) in [4.78, 5) is 11.6. The van der Waals surface area contributed by atoms with E-state index >= 15 is 0 Å². The van der Waals surface area contributed by atoms with Crippen LogP contribution in [0, 0.1) is 12.7 Å². The Morgan fingerprint density at radius 1 is 1.24 bits per heavy atom. The van der Waals surface area contributed by atoms with Crippen molar-refractivity contribution < 1.29 is 19.0 Å². The van der Waals surface area contributed by atoms with Gasteiger partial charge in [-0.3, -0.25) is 4.79 Å². The molecular weight excluding hydrogens is 271 g/mol. The molecule has 21 heavy (non-hydrogen) atoms. The van der Waals surface area contributed by atoms with Crippen LogP contribution < -0.4 is 4.74 Å². The third kappa shape index (κ3) is 3.60. The maximum atomic E-state index is 12.9. The Bertz CT molecular complexity index is 635. The molecule has 110 valence electrons. The van der Waals surface area contributed by atoms with E-state index in [-0.39, 0.29) is 5.82 Å². The second-order valence-corrected chi connectivity index (χ2v) is 4.94. The van der Waals surface area contributed by atoms with Gasteiger partial charge in [0, 0.05) is 0 Å². The van der Waals surface area contributed by atoms with E-state index in [9.17, 15) is 14.3 Å². The average Bonchev–Trinajstić information content (AvgIpc) is 2.46. The van der Waals surface area contributed by atoms with Crippen molar-refractivity contribution in [1.82, 2.24) is 0 Å². The van der Waals surface area contributed by atoms with Crippen LogP contribution in [0.15, 0.2) is 42.5 Å². The first kappa shape index (κ1) is 15.0. The van der Waals surface area contributed by atoms with Gasteiger partial charge < -0.3 is 9.84 Å². The summed E-state index contributed by atoms with van der Waals surface area (Å²) in [5.74, 6) is -1.19. The van der Waals surface area contributed by atoms with Crippen LogP contribution in [0.2, 0.25) is 0 Å². The molecule has 0 saturated carbocycles. The first-order valence-electron chi connectivity index (χ1n) is 6.63. The van der Waals surface area contributed by atoms with Crippen molar-refractivity contribution in [2.45, 2.75) is 19.3 Å². The summed E-state index contributed by atoms with van der Waals surface area (Å²) in [7, 11) is 1.57. The van der Waals surface area contributed by atoms with Gasteiger partial charge in [-0.05, 0) is 54.3 Å². The highest BCUT2D eigenvalue weighted by atomic mass is 19.1. The maximum Gasteiger partial charge on any atom is 0.311 e. The number of methoxy groups -OCH3 is 1. The summed E-state index contributed by atoms with van der Waals surface area (Å²) in [6, 6.07) is 11.3. The summed E-state index contributed by atoms with van der Waals surface area (Å²) < 4.78 is 18.1. The van der Waals surface area contributed by atoms with Crippen molar-refractivity contribution in [2.24, 2.45) is 0 Å². The summed E-state index contributed by atoms with van der Waals surface area (Å²) >= 11 is 0. The van der Waals surface area contributed by atoms with Crippen LogP contribution in [0.5, 0.6) is 5.75 Å². The van der Waals surface area contributed by atoms with Gasteiger partial charge in [0.1, 0.15) is 11.6 Å². The molecule has 2 aromatic carbocycles. The lowest BCUT2D eigenvalue weighted by Crippen LogP contribution is -2.15. The number of carboxylic acids is 1. The lowest BCUT2D eigenvalue weighted by molar-refractivity contribution is -0.138. The van der Waals surface area contributed by atoms with Gasteiger partial charge in [-0.2, -0.15) is 0 Å². The highest BCUT2D eigenvalue weighted by Gasteiger charge is 2.22. The molecule has 3 nitrogen and oxygen atoms in total. The molecule has 0 aliphatic carbocycles. The zero-order chi connectivity index (χ0) is 15.4. The van der Waals surface area contributed by atoms with Gasteiger partial charge >= 0.3 is 5.97 Å². The van der Waals surface area contributed by atoms with Gasteiger partial charge in [-0.25, -0.2) is 4.39 Å². The predicted molar refractivity (Wildman–Crippen MR) is 78.2 cm³/mol. The van der Waals surface area contributed by atoms with Gasteiger partial charge in [-0.1, -0.05) is 18.2 Å². The molecular formula is C17H17FO3. The smallest absolute Gasteiger partial charge is 0.311 e. The molecule has 0 spiro atoms. The van der Waals surface area contributed by atoms with E-state index in [4.69, 9.17) is 4.74 Å². The number of hydrogen-bond donors (Lipinski definition) is 1. The van der Waals surface area contributed by atoms with Crippen molar-refractivity contribution in [2.75, 3.05) is 7.11 Å². The number of rotatable bonds is 5. The number of hydrogen-bond acceptors (Lipinski definition) is 2. The Balaban J connectivity index is 2.31. The number of ether oxygens (including phenoxy) is 1. The number of benzene rings is 2. The maximum absolute atomic E-state index is 12.9. The zero-order valence-electron chi connectivity index (χ0n) is 12.0. The van der Waals surface area contributed by atoms with Gasteiger partial charge in [0.25, 0.3) is 0 Å². The average molecular weight is 288 g/mol. The molecule has 0 aliphatic rings. The van der Waals surface area contributed by atoms with Crippen LogP contribution in [-0.4, -0.2) is 18.2 Å². The Morgan fingerprint density at radius 2 is 1.90 bits per heavy atom. The molecule has 0 aromatic heterocycles. The summed E-state index contributed by atoms with van der Waals surface area (Å²) in [6.45, 7) is 1.86. The minimum atomic E-state index is -0.896. The topological polar surface area (TPSA) is 46.5 Å².